The van der Waals surface area contributed by atoms with Gasteiger partial charge in [0, 0.05) is 37.8 Å². The summed E-state index contributed by atoms with van der Waals surface area (Å²) in [6, 6.07) is 6.60. The van der Waals surface area contributed by atoms with Crippen LogP contribution in [0.15, 0.2) is 41.5 Å². The zero-order chi connectivity index (χ0) is 24.5. The second kappa shape index (κ2) is 9.78. The number of aromatic nitrogens is 3. The first-order chi connectivity index (χ1) is 17.6. The number of ether oxygens (including phenoxy) is 2. The summed E-state index contributed by atoms with van der Waals surface area (Å²) in [5, 5.41) is 0. The number of fused-ring (bicyclic) bond motifs is 2. The first-order valence-corrected chi connectivity index (χ1v) is 12.9. The van der Waals surface area contributed by atoms with Gasteiger partial charge < -0.3 is 18.9 Å². The van der Waals surface area contributed by atoms with Crippen molar-refractivity contribution in [1.82, 2.24) is 24.3 Å². The molecule has 0 saturated carbocycles. The van der Waals surface area contributed by atoms with Gasteiger partial charge in [0.1, 0.15) is 19.0 Å². The van der Waals surface area contributed by atoms with Crippen molar-refractivity contribution in [2.24, 2.45) is 5.41 Å². The van der Waals surface area contributed by atoms with Crippen molar-refractivity contribution in [3.8, 4) is 11.5 Å². The molecule has 0 unspecified atom stereocenters. The number of piperidine rings is 2. The first-order valence-electron chi connectivity index (χ1n) is 12.9. The highest BCUT2D eigenvalue weighted by atomic mass is 19.1. The molecule has 6 heterocycles. The molecule has 3 aliphatic rings. The van der Waals surface area contributed by atoms with Gasteiger partial charge in [-0.2, -0.15) is 0 Å². The second-order valence-corrected chi connectivity index (χ2v) is 10.3. The molecule has 0 aliphatic carbocycles. The van der Waals surface area contributed by atoms with Crippen molar-refractivity contribution in [3.05, 3.63) is 58.5 Å². The molecule has 9 heteroatoms. The van der Waals surface area contributed by atoms with Gasteiger partial charge in [0.25, 0.3) is 5.56 Å². The first kappa shape index (κ1) is 23.4. The van der Waals surface area contributed by atoms with E-state index in [1.165, 1.54) is 44.0 Å². The molecule has 6 rings (SSSR count). The van der Waals surface area contributed by atoms with E-state index in [4.69, 9.17) is 9.47 Å². The maximum atomic E-state index is 13.8. The molecule has 36 heavy (non-hydrogen) atoms. The Balaban J connectivity index is 1.01. The van der Waals surface area contributed by atoms with Crippen LogP contribution in [0.3, 0.4) is 0 Å². The van der Waals surface area contributed by atoms with Gasteiger partial charge in [-0.25, -0.2) is 4.39 Å². The Kier molecular flexibility index (Phi) is 6.35. The largest absolute Gasteiger partial charge is 0.486 e. The Labute approximate surface area is 209 Å². The third kappa shape index (κ3) is 4.82. The number of hydrogen-bond donors (Lipinski definition) is 0. The Bertz CT molecular complexity index is 1290. The van der Waals surface area contributed by atoms with E-state index in [1.54, 1.807) is 16.8 Å². The van der Waals surface area contributed by atoms with Crippen LogP contribution in [-0.4, -0.2) is 70.3 Å². The third-order valence-corrected chi connectivity index (χ3v) is 8.15. The van der Waals surface area contributed by atoms with Crippen LogP contribution >= 0.6 is 0 Å². The minimum absolute atomic E-state index is 0.108. The van der Waals surface area contributed by atoms with Gasteiger partial charge in [-0.1, -0.05) is 0 Å². The van der Waals surface area contributed by atoms with E-state index >= 15 is 0 Å². The molecule has 0 aromatic carbocycles. The Hall–Kier alpha value is -3.04. The zero-order valence-corrected chi connectivity index (χ0v) is 20.5. The van der Waals surface area contributed by atoms with E-state index in [2.05, 4.69) is 19.8 Å². The summed E-state index contributed by atoms with van der Waals surface area (Å²) in [6.07, 6.45) is 7.76. The maximum absolute atomic E-state index is 13.8. The fourth-order valence-corrected chi connectivity index (χ4v) is 5.86. The molecule has 0 atom stereocenters. The predicted octanol–water partition coefficient (Wildman–Crippen LogP) is 3.08. The van der Waals surface area contributed by atoms with Crippen LogP contribution in [0.2, 0.25) is 0 Å². The van der Waals surface area contributed by atoms with Gasteiger partial charge in [-0.3, -0.25) is 19.7 Å². The van der Waals surface area contributed by atoms with Crippen molar-refractivity contribution in [2.45, 2.75) is 38.8 Å². The molecule has 0 N–H and O–H groups in total. The van der Waals surface area contributed by atoms with Crippen LogP contribution in [-0.2, 0) is 13.1 Å². The van der Waals surface area contributed by atoms with E-state index in [9.17, 15) is 9.18 Å². The van der Waals surface area contributed by atoms with Crippen molar-refractivity contribution >= 4 is 11.0 Å². The Morgan fingerprint density at radius 2 is 1.58 bits per heavy atom. The summed E-state index contributed by atoms with van der Waals surface area (Å²) in [7, 11) is 0. The highest BCUT2D eigenvalue weighted by Gasteiger charge is 2.37. The van der Waals surface area contributed by atoms with Crippen molar-refractivity contribution in [3.63, 3.8) is 0 Å². The van der Waals surface area contributed by atoms with Crippen LogP contribution < -0.4 is 15.0 Å². The number of nitrogens with zero attached hydrogens (tertiary/aromatic N) is 5. The van der Waals surface area contributed by atoms with Gasteiger partial charge >= 0.3 is 0 Å². The molecular formula is C27H32FN5O3. The molecule has 3 aromatic heterocycles. The van der Waals surface area contributed by atoms with Crippen LogP contribution in [0.4, 0.5) is 4.39 Å². The van der Waals surface area contributed by atoms with Crippen LogP contribution in [0.25, 0.3) is 11.0 Å². The highest BCUT2D eigenvalue weighted by Crippen LogP contribution is 2.41. The average molecular weight is 494 g/mol. The molecule has 2 saturated heterocycles. The van der Waals surface area contributed by atoms with Gasteiger partial charge in [0.15, 0.2) is 11.5 Å². The summed E-state index contributed by atoms with van der Waals surface area (Å²) in [6.45, 7) is 7.59. The number of pyridine rings is 3. The molecule has 3 aliphatic heterocycles. The van der Waals surface area contributed by atoms with Crippen molar-refractivity contribution in [2.75, 3.05) is 45.9 Å². The van der Waals surface area contributed by atoms with E-state index < -0.39 is 5.82 Å². The maximum Gasteiger partial charge on any atom is 0.251 e. The molecule has 0 amide bonds. The quantitative estimate of drug-likeness (QED) is 0.541. The lowest BCUT2D eigenvalue weighted by Crippen LogP contribution is -2.47. The third-order valence-electron chi connectivity index (χ3n) is 8.15. The predicted molar refractivity (Wildman–Crippen MR) is 134 cm³/mol. The lowest BCUT2D eigenvalue weighted by atomic mass is 9.71. The molecule has 2 fully saturated rings. The molecule has 8 nitrogen and oxygen atoms in total. The van der Waals surface area contributed by atoms with Crippen LogP contribution in [0.1, 0.15) is 31.4 Å². The lowest BCUT2D eigenvalue weighted by molar-refractivity contribution is 0.0310. The van der Waals surface area contributed by atoms with E-state index in [-0.39, 0.29) is 5.56 Å². The van der Waals surface area contributed by atoms with Crippen LogP contribution in [0, 0.1) is 11.2 Å². The van der Waals surface area contributed by atoms with Crippen molar-refractivity contribution in [1.29, 1.82) is 0 Å². The summed E-state index contributed by atoms with van der Waals surface area (Å²) in [5.74, 6) is 1.13. The summed E-state index contributed by atoms with van der Waals surface area (Å²) >= 11 is 0. The van der Waals surface area contributed by atoms with E-state index in [1.807, 2.05) is 6.07 Å². The fourth-order valence-electron chi connectivity index (χ4n) is 5.86. The minimum Gasteiger partial charge on any atom is -0.486 e. The normalized spacial score (nSPS) is 20.1. The topological polar surface area (TPSA) is 72.7 Å². The van der Waals surface area contributed by atoms with Crippen LogP contribution in [0.5, 0.6) is 11.5 Å². The average Bonchev–Trinajstić information content (AvgIpc) is 2.90. The number of hydrogen-bond acceptors (Lipinski definition) is 7. The van der Waals surface area contributed by atoms with Gasteiger partial charge in [0.05, 0.1) is 29.1 Å². The molecule has 1 spiro atoms. The smallest absolute Gasteiger partial charge is 0.251 e. The summed E-state index contributed by atoms with van der Waals surface area (Å²) in [5.41, 5.74) is 2.55. The minimum atomic E-state index is -0.419. The fraction of sp³-hybridized carbons (Fsp3) is 0.519. The molecule has 0 bridgehead atoms. The van der Waals surface area contributed by atoms with E-state index in [0.29, 0.717) is 36.2 Å². The van der Waals surface area contributed by atoms with Gasteiger partial charge in [0.2, 0.25) is 0 Å². The molecule has 190 valence electrons. The van der Waals surface area contributed by atoms with Gasteiger partial charge in [-0.05, 0) is 63.3 Å². The standard InChI is InChI=1S/C27H32FN5O3/c28-20-15-23-22(30-17-20)1-2-26(34)33(23)12-11-31-7-3-27(4-8-31)5-9-32(10-6-27)19-21-16-24-25(18-29-21)36-14-13-35-24/h1-2,15-18H,3-14,19H2. The lowest BCUT2D eigenvalue weighted by Gasteiger charge is -2.47. The molecule has 3 aromatic rings. The van der Waals surface area contributed by atoms with E-state index in [0.717, 1.165) is 56.5 Å². The molecular weight excluding hydrogens is 461 g/mol. The second-order valence-electron chi connectivity index (χ2n) is 10.3. The SMILES string of the molecule is O=c1ccc2ncc(F)cc2n1CCN1CCC2(CC1)CCN(Cc1cc3c(cn1)OCCO3)CC2. The monoisotopic (exact) mass is 493 g/mol. The number of likely N-dealkylation sites (tertiary alicyclic amines) is 2. The number of halogens is 1. The zero-order valence-electron chi connectivity index (χ0n) is 20.5. The summed E-state index contributed by atoms with van der Waals surface area (Å²) in [4.78, 5) is 26.1. The number of rotatable bonds is 5. The summed E-state index contributed by atoms with van der Waals surface area (Å²) < 4.78 is 26.7. The Morgan fingerprint density at radius 3 is 2.36 bits per heavy atom. The van der Waals surface area contributed by atoms with Crippen molar-refractivity contribution < 1.29 is 13.9 Å². The van der Waals surface area contributed by atoms with Gasteiger partial charge in [-0.15, -0.1) is 0 Å². The molecule has 0 radical (unpaired) electrons. The highest BCUT2D eigenvalue weighted by molar-refractivity contribution is 5.74. The Morgan fingerprint density at radius 1 is 0.861 bits per heavy atom.